The Morgan fingerprint density at radius 3 is 2.24 bits per heavy atom. The zero-order valence-corrected chi connectivity index (χ0v) is 13.7. The number of aromatic nitrogens is 2. The van der Waals surface area contributed by atoms with Gasteiger partial charge in [-0.3, -0.25) is 9.59 Å². The lowest BCUT2D eigenvalue weighted by Gasteiger charge is -2.03. The molecule has 1 heterocycles. The van der Waals surface area contributed by atoms with Crippen molar-refractivity contribution in [2.45, 2.75) is 12.8 Å². The van der Waals surface area contributed by atoms with Gasteiger partial charge in [-0.05, 0) is 22.8 Å². The summed E-state index contributed by atoms with van der Waals surface area (Å²) < 4.78 is 0. The van der Waals surface area contributed by atoms with Gasteiger partial charge in [0.1, 0.15) is 5.78 Å². The largest absolute Gasteiger partial charge is 0.342 e. The Labute approximate surface area is 146 Å². The van der Waals surface area contributed by atoms with Gasteiger partial charge in [-0.2, -0.15) is 0 Å². The number of imidazole rings is 1. The van der Waals surface area contributed by atoms with Gasteiger partial charge in [-0.1, -0.05) is 60.7 Å². The van der Waals surface area contributed by atoms with Crippen molar-refractivity contribution < 1.29 is 9.59 Å². The van der Waals surface area contributed by atoms with Crippen LogP contribution >= 0.6 is 0 Å². The van der Waals surface area contributed by atoms with Gasteiger partial charge >= 0.3 is 0 Å². The monoisotopic (exact) mass is 330 g/mol. The van der Waals surface area contributed by atoms with Crippen molar-refractivity contribution in [3.63, 3.8) is 0 Å². The summed E-state index contributed by atoms with van der Waals surface area (Å²) in [4.78, 5) is 30.7. The predicted octanol–water partition coefficient (Wildman–Crippen LogP) is 3.66. The van der Waals surface area contributed by atoms with Crippen LogP contribution in [-0.2, 0) is 17.6 Å². The molecule has 0 saturated heterocycles. The van der Waals surface area contributed by atoms with Gasteiger partial charge < -0.3 is 4.98 Å². The molecule has 0 radical (unpaired) electrons. The van der Waals surface area contributed by atoms with E-state index in [-0.39, 0.29) is 11.6 Å². The van der Waals surface area contributed by atoms with Crippen LogP contribution in [0.1, 0.15) is 27.3 Å². The third kappa shape index (κ3) is 4.85. The third-order valence-electron chi connectivity index (χ3n) is 3.78. The highest BCUT2D eigenvalue weighted by atomic mass is 16.1. The van der Waals surface area contributed by atoms with Crippen molar-refractivity contribution in [2.75, 3.05) is 0 Å². The first kappa shape index (κ1) is 16.6. The summed E-state index contributed by atoms with van der Waals surface area (Å²) in [5.74, 6) is 0.328. The van der Waals surface area contributed by atoms with Crippen LogP contribution in [0.15, 0.2) is 73.1 Å². The van der Waals surface area contributed by atoms with Gasteiger partial charge in [0.2, 0.25) is 5.78 Å². The Kier molecular flexibility index (Phi) is 5.32. The van der Waals surface area contributed by atoms with E-state index in [1.165, 1.54) is 6.08 Å². The molecule has 0 fully saturated rings. The highest BCUT2D eigenvalue weighted by Crippen LogP contribution is 2.10. The van der Waals surface area contributed by atoms with Crippen LogP contribution in [0.5, 0.6) is 0 Å². The predicted molar refractivity (Wildman–Crippen MR) is 97.3 cm³/mol. The minimum absolute atomic E-state index is 0.174. The molecular weight excluding hydrogens is 312 g/mol. The van der Waals surface area contributed by atoms with E-state index in [1.807, 2.05) is 54.6 Å². The first-order valence-electron chi connectivity index (χ1n) is 8.07. The van der Waals surface area contributed by atoms with Gasteiger partial charge in [0, 0.05) is 25.2 Å². The Hall–Kier alpha value is -3.27. The number of H-pyrrole nitrogens is 1. The fourth-order valence-electron chi connectivity index (χ4n) is 2.51. The zero-order valence-electron chi connectivity index (χ0n) is 13.7. The van der Waals surface area contributed by atoms with E-state index in [0.29, 0.717) is 18.7 Å². The first-order chi connectivity index (χ1) is 12.2. The molecule has 3 rings (SSSR count). The maximum absolute atomic E-state index is 12.1. The number of ketones is 2. The highest BCUT2D eigenvalue weighted by Gasteiger charge is 2.06. The molecule has 4 heteroatoms. The average molecular weight is 330 g/mol. The average Bonchev–Trinajstić information content (AvgIpc) is 3.16. The molecular formula is C21H18N2O2. The van der Waals surface area contributed by atoms with Crippen molar-refractivity contribution in [3.05, 3.63) is 95.6 Å². The minimum atomic E-state index is -0.174. The number of nitrogens with one attached hydrogen (secondary N) is 1. The van der Waals surface area contributed by atoms with E-state index in [2.05, 4.69) is 9.97 Å². The smallest absolute Gasteiger partial charge is 0.221 e. The van der Waals surface area contributed by atoms with E-state index >= 15 is 0 Å². The second-order valence-corrected chi connectivity index (χ2v) is 5.75. The maximum Gasteiger partial charge on any atom is 0.221 e. The van der Waals surface area contributed by atoms with Crippen molar-refractivity contribution in [1.82, 2.24) is 9.97 Å². The van der Waals surface area contributed by atoms with Crippen LogP contribution < -0.4 is 0 Å². The number of hydrogen-bond acceptors (Lipinski definition) is 3. The molecule has 0 spiro atoms. The number of nitrogens with zero attached hydrogens (tertiary/aromatic N) is 1. The molecule has 1 N–H and O–H groups in total. The molecule has 25 heavy (non-hydrogen) atoms. The molecule has 0 bridgehead atoms. The number of Topliss-reactive ketones (excluding diaryl/α,β-unsaturated/α-hetero) is 1. The number of allylic oxidation sites excluding steroid dienone is 1. The van der Waals surface area contributed by atoms with Crippen LogP contribution in [0.25, 0.3) is 6.08 Å². The summed E-state index contributed by atoms with van der Waals surface area (Å²) in [5, 5.41) is 0. The van der Waals surface area contributed by atoms with E-state index in [9.17, 15) is 9.59 Å². The van der Waals surface area contributed by atoms with Crippen molar-refractivity contribution >= 4 is 17.6 Å². The summed E-state index contributed by atoms with van der Waals surface area (Å²) >= 11 is 0. The van der Waals surface area contributed by atoms with Gasteiger partial charge in [0.15, 0.2) is 5.82 Å². The Morgan fingerprint density at radius 1 is 0.920 bits per heavy atom. The van der Waals surface area contributed by atoms with E-state index in [0.717, 1.165) is 16.7 Å². The molecule has 124 valence electrons. The third-order valence-corrected chi connectivity index (χ3v) is 3.78. The number of benzene rings is 2. The lowest BCUT2D eigenvalue weighted by atomic mass is 10.0. The number of hydrogen-bond donors (Lipinski definition) is 1. The molecule has 3 aromatic rings. The quantitative estimate of drug-likeness (QED) is 0.531. The van der Waals surface area contributed by atoms with E-state index < -0.39 is 0 Å². The molecule has 0 unspecified atom stereocenters. The molecule has 0 amide bonds. The van der Waals surface area contributed by atoms with Crippen LogP contribution in [0, 0.1) is 0 Å². The van der Waals surface area contributed by atoms with Gasteiger partial charge in [-0.25, -0.2) is 4.98 Å². The molecule has 0 aliphatic carbocycles. The normalized spacial score (nSPS) is 10.9. The number of aromatic amines is 1. The van der Waals surface area contributed by atoms with Crippen LogP contribution in [0.3, 0.4) is 0 Å². The molecule has 0 aliphatic heterocycles. The number of carbonyl (C=O) groups excluding carboxylic acids is 2. The van der Waals surface area contributed by atoms with Crippen LogP contribution in [0.2, 0.25) is 0 Å². The van der Waals surface area contributed by atoms with E-state index in [4.69, 9.17) is 0 Å². The SMILES string of the molecule is O=C(Cc1ccccc1)Cc1ccc(/C=C/C(=O)c2ncc[nH]2)cc1. The molecule has 4 nitrogen and oxygen atoms in total. The Morgan fingerprint density at radius 2 is 1.60 bits per heavy atom. The fourth-order valence-corrected chi connectivity index (χ4v) is 2.51. The van der Waals surface area contributed by atoms with E-state index in [1.54, 1.807) is 18.5 Å². The summed E-state index contributed by atoms with van der Waals surface area (Å²) in [6.07, 6.45) is 7.23. The number of carbonyl (C=O) groups is 2. The van der Waals surface area contributed by atoms with Crippen molar-refractivity contribution in [1.29, 1.82) is 0 Å². The molecule has 1 aromatic heterocycles. The highest BCUT2D eigenvalue weighted by molar-refractivity contribution is 6.04. The van der Waals surface area contributed by atoms with Crippen molar-refractivity contribution in [2.24, 2.45) is 0 Å². The molecule has 0 aliphatic rings. The second kappa shape index (κ2) is 8.02. The molecule has 2 aromatic carbocycles. The van der Waals surface area contributed by atoms with Gasteiger partial charge in [0.05, 0.1) is 0 Å². The summed E-state index contributed by atoms with van der Waals surface area (Å²) in [5.41, 5.74) is 2.90. The summed E-state index contributed by atoms with van der Waals surface area (Å²) in [6, 6.07) is 17.4. The van der Waals surface area contributed by atoms with Crippen LogP contribution in [0.4, 0.5) is 0 Å². The van der Waals surface area contributed by atoms with Crippen molar-refractivity contribution in [3.8, 4) is 0 Å². The minimum Gasteiger partial charge on any atom is -0.342 e. The summed E-state index contributed by atoms with van der Waals surface area (Å²) in [7, 11) is 0. The van der Waals surface area contributed by atoms with Gasteiger partial charge in [0.25, 0.3) is 0 Å². The fraction of sp³-hybridized carbons (Fsp3) is 0.0952. The molecule has 0 saturated carbocycles. The summed E-state index contributed by atoms with van der Waals surface area (Å²) in [6.45, 7) is 0. The first-order valence-corrected chi connectivity index (χ1v) is 8.07. The topological polar surface area (TPSA) is 62.8 Å². The lowest BCUT2D eigenvalue weighted by molar-refractivity contribution is -0.117. The zero-order chi connectivity index (χ0) is 17.5. The lowest BCUT2D eigenvalue weighted by Crippen LogP contribution is -2.06. The van der Waals surface area contributed by atoms with Crippen LogP contribution in [-0.4, -0.2) is 21.5 Å². The maximum atomic E-state index is 12.1. The Bertz CT molecular complexity index is 864. The second-order valence-electron chi connectivity index (χ2n) is 5.75. The molecule has 0 atom stereocenters. The Balaban J connectivity index is 1.57. The standard InChI is InChI=1S/C21H18N2O2/c24-19(14-17-4-2-1-3-5-17)15-18-8-6-16(7-9-18)10-11-20(25)21-22-12-13-23-21/h1-13H,14-15H2,(H,22,23)/b11-10+. The number of rotatable bonds is 7. The van der Waals surface area contributed by atoms with Gasteiger partial charge in [-0.15, -0.1) is 0 Å².